The van der Waals surface area contributed by atoms with Crippen molar-refractivity contribution in [1.82, 2.24) is 10.2 Å². The van der Waals surface area contributed by atoms with E-state index in [2.05, 4.69) is 43.7 Å². The minimum absolute atomic E-state index is 0.0905. The number of carbonyl (C=O) groups is 1. The summed E-state index contributed by atoms with van der Waals surface area (Å²) in [5, 5.41) is 5.80. The first-order chi connectivity index (χ1) is 13.0. The van der Waals surface area contributed by atoms with Crippen LogP contribution >= 0.6 is 38.9 Å². The van der Waals surface area contributed by atoms with Crippen molar-refractivity contribution in [2.75, 3.05) is 19.6 Å². The van der Waals surface area contributed by atoms with Crippen LogP contribution in [0.1, 0.15) is 24.6 Å². The van der Waals surface area contributed by atoms with Crippen molar-refractivity contribution in [2.24, 2.45) is 5.92 Å². The number of benzene rings is 1. The molecule has 27 heavy (non-hydrogen) atoms. The molecule has 2 unspecified atom stereocenters. The normalized spacial score (nSPS) is 18.9. The summed E-state index contributed by atoms with van der Waals surface area (Å²) in [5.41, 5.74) is 0. The van der Waals surface area contributed by atoms with Crippen LogP contribution in [0.3, 0.4) is 0 Å². The number of nitrogens with zero attached hydrogens (tertiary/aromatic N) is 1. The van der Waals surface area contributed by atoms with Crippen molar-refractivity contribution in [3.63, 3.8) is 0 Å². The Labute approximate surface area is 178 Å². The van der Waals surface area contributed by atoms with Crippen molar-refractivity contribution < 1.29 is 9.53 Å². The van der Waals surface area contributed by atoms with Gasteiger partial charge in [0.25, 0.3) is 5.91 Å². The minimum atomic E-state index is -0.562. The second-order valence-corrected chi connectivity index (χ2v) is 9.23. The second-order valence-electron chi connectivity index (χ2n) is 6.90. The molecule has 1 N–H and O–H groups in total. The summed E-state index contributed by atoms with van der Waals surface area (Å²) >= 11 is 11.2. The van der Waals surface area contributed by atoms with Crippen LogP contribution < -0.4 is 10.1 Å². The molecular weight excluding hydrogens is 448 g/mol. The molecule has 2 aromatic rings. The Morgan fingerprint density at radius 2 is 2.33 bits per heavy atom. The number of ether oxygens (including phenoxy) is 1. The van der Waals surface area contributed by atoms with Crippen molar-refractivity contribution in [3.8, 4) is 5.75 Å². The lowest BCUT2D eigenvalue weighted by molar-refractivity contribution is -0.127. The number of likely N-dealkylation sites (tertiary alicyclic amines) is 1. The molecule has 1 aliphatic heterocycles. The van der Waals surface area contributed by atoms with E-state index in [1.54, 1.807) is 36.5 Å². The third-order valence-corrected chi connectivity index (χ3v) is 6.41. The van der Waals surface area contributed by atoms with Crippen LogP contribution in [0.5, 0.6) is 5.75 Å². The monoisotopic (exact) mass is 470 g/mol. The predicted octanol–water partition coefficient (Wildman–Crippen LogP) is 4.96. The Bertz CT molecular complexity index is 756. The van der Waals surface area contributed by atoms with Gasteiger partial charge in [-0.25, -0.2) is 0 Å². The summed E-state index contributed by atoms with van der Waals surface area (Å²) < 4.78 is 6.51. The molecule has 1 amide bonds. The Hall–Kier alpha value is -1.08. The van der Waals surface area contributed by atoms with Crippen LogP contribution in [-0.4, -0.2) is 36.5 Å². The van der Waals surface area contributed by atoms with Gasteiger partial charge < -0.3 is 10.1 Å². The Kier molecular flexibility index (Phi) is 7.58. The average molecular weight is 472 g/mol. The van der Waals surface area contributed by atoms with E-state index in [1.165, 1.54) is 11.3 Å². The Balaban J connectivity index is 1.45. The van der Waals surface area contributed by atoms with Gasteiger partial charge in [0.1, 0.15) is 5.75 Å². The third kappa shape index (κ3) is 6.21. The number of hydrogen-bond donors (Lipinski definition) is 1. The molecule has 0 bridgehead atoms. The zero-order valence-electron chi connectivity index (χ0n) is 15.3. The zero-order chi connectivity index (χ0) is 19.2. The van der Waals surface area contributed by atoms with Crippen LogP contribution in [0.25, 0.3) is 0 Å². The summed E-state index contributed by atoms with van der Waals surface area (Å²) in [6.07, 6.45) is 1.77. The largest absolute Gasteiger partial charge is 0.480 e. The van der Waals surface area contributed by atoms with Gasteiger partial charge in [-0.3, -0.25) is 9.69 Å². The van der Waals surface area contributed by atoms with E-state index >= 15 is 0 Å². The van der Waals surface area contributed by atoms with E-state index in [-0.39, 0.29) is 5.91 Å². The third-order valence-electron chi connectivity index (χ3n) is 4.69. The second kappa shape index (κ2) is 9.92. The fraction of sp³-hybridized carbons (Fsp3) is 0.450. The van der Waals surface area contributed by atoms with Crippen LogP contribution in [-0.2, 0) is 11.3 Å². The van der Waals surface area contributed by atoms with E-state index in [9.17, 15) is 4.79 Å². The van der Waals surface area contributed by atoms with Crippen molar-refractivity contribution in [3.05, 3.63) is 50.1 Å². The highest BCUT2D eigenvalue weighted by Crippen LogP contribution is 2.28. The number of thiophene rings is 1. The molecule has 3 rings (SSSR count). The molecular formula is C20H24BrClN2O2S. The average Bonchev–Trinajstić information content (AvgIpc) is 3.15. The molecule has 1 aliphatic rings. The van der Waals surface area contributed by atoms with Crippen LogP contribution in [0.4, 0.5) is 0 Å². The number of piperidine rings is 1. The van der Waals surface area contributed by atoms with Crippen LogP contribution in [0.15, 0.2) is 40.2 Å². The number of rotatable bonds is 7. The predicted molar refractivity (Wildman–Crippen MR) is 115 cm³/mol. The number of amides is 1. The lowest BCUT2D eigenvalue weighted by atomic mass is 9.98. The molecule has 0 saturated carbocycles. The number of carbonyl (C=O) groups excluding carboxylic acids is 1. The molecule has 4 nitrogen and oxygen atoms in total. The quantitative estimate of drug-likeness (QED) is 0.620. The smallest absolute Gasteiger partial charge is 0.260 e. The zero-order valence-corrected chi connectivity index (χ0v) is 18.4. The molecule has 0 radical (unpaired) electrons. The van der Waals surface area contributed by atoms with Crippen molar-refractivity contribution in [2.45, 2.75) is 32.4 Å². The molecule has 7 heteroatoms. The summed E-state index contributed by atoms with van der Waals surface area (Å²) in [6.45, 7) is 5.62. The maximum absolute atomic E-state index is 12.4. The summed E-state index contributed by atoms with van der Waals surface area (Å²) in [5.74, 6) is 1.01. The minimum Gasteiger partial charge on any atom is -0.480 e. The van der Waals surface area contributed by atoms with Gasteiger partial charge in [-0.1, -0.05) is 17.7 Å². The number of nitrogens with one attached hydrogen (secondary N) is 1. The van der Waals surface area contributed by atoms with Gasteiger partial charge in [0.15, 0.2) is 6.10 Å². The van der Waals surface area contributed by atoms with E-state index in [4.69, 9.17) is 16.3 Å². The molecule has 0 aliphatic carbocycles. The molecule has 2 heterocycles. The Morgan fingerprint density at radius 3 is 3.07 bits per heavy atom. The van der Waals surface area contributed by atoms with Gasteiger partial charge in [0.2, 0.25) is 0 Å². The van der Waals surface area contributed by atoms with Gasteiger partial charge in [0.05, 0.1) is 4.47 Å². The van der Waals surface area contributed by atoms with Gasteiger partial charge >= 0.3 is 0 Å². The first-order valence-electron chi connectivity index (χ1n) is 9.15. The summed E-state index contributed by atoms with van der Waals surface area (Å²) in [4.78, 5) is 16.3. The molecule has 1 saturated heterocycles. The van der Waals surface area contributed by atoms with Gasteiger partial charge in [0, 0.05) is 29.5 Å². The lowest BCUT2D eigenvalue weighted by Crippen LogP contribution is -2.43. The maximum atomic E-state index is 12.4. The van der Waals surface area contributed by atoms with E-state index in [1.807, 2.05) is 0 Å². The Morgan fingerprint density at radius 1 is 1.48 bits per heavy atom. The van der Waals surface area contributed by atoms with E-state index in [0.717, 1.165) is 30.5 Å². The van der Waals surface area contributed by atoms with Gasteiger partial charge in [-0.2, -0.15) is 0 Å². The van der Waals surface area contributed by atoms with Crippen LogP contribution in [0, 0.1) is 5.92 Å². The molecule has 0 spiro atoms. The maximum Gasteiger partial charge on any atom is 0.260 e. The van der Waals surface area contributed by atoms with Crippen molar-refractivity contribution >= 4 is 44.8 Å². The SMILES string of the molecule is CC(Oc1ccc(Cl)cc1Br)C(=O)NCC1CCCN(Cc2cccs2)C1. The molecule has 1 fully saturated rings. The first-order valence-corrected chi connectivity index (χ1v) is 11.2. The highest BCUT2D eigenvalue weighted by atomic mass is 79.9. The van der Waals surface area contributed by atoms with E-state index in [0.29, 0.717) is 23.2 Å². The standard InChI is InChI=1S/C20H24BrClN2O2S/c1-14(26-19-7-6-16(22)10-18(19)21)20(25)23-11-15-4-2-8-24(12-15)13-17-5-3-9-27-17/h3,5-7,9-10,14-15H,2,4,8,11-13H2,1H3,(H,23,25). The van der Waals surface area contributed by atoms with Crippen molar-refractivity contribution in [1.29, 1.82) is 0 Å². The fourth-order valence-corrected chi connectivity index (χ4v) is 4.81. The molecule has 1 aromatic carbocycles. The summed E-state index contributed by atoms with van der Waals surface area (Å²) in [6, 6.07) is 9.55. The highest BCUT2D eigenvalue weighted by molar-refractivity contribution is 9.10. The highest BCUT2D eigenvalue weighted by Gasteiger charge is 2.22. The molecule has 1 aromatic heterocycles. The molecule has 146 valence electrons. The fourth-order valence-electron chi connectivity index (χ4n) is 3.29. The summed E-state index contributed by atoms with van der Waals surface area (Å²) in [7, 11) is 0. The van der Waals surface area contributed by atoms with Gasteiger partial charge in [-0.15, -0.1) is 11.3 Å². The lowest BCUT2D eigenvalue weighted by Gasteiger charge is -2.32. The number of hydrogen-bond acceptors (Lipinski definition) is 4. The van der Waals surface area contributed by atoms with Crippen LogP contribution in [0.2, 0.25) is 5.02 Å². The first kappa shape index (κ1) is 20.6. The molecule has 2 atom stereocenters. The number of halogens is 2. The van der Waals surface area contributed by atoms with E-state index < -0.39 is 6.10 Å². The van der Waals surface area contributed by atoms with Gasteiger partial charge in [-0.05, 0) is 77.8 Å². The topological polar surface area (TPSA) is 41.6 Å².